The Kier molecular flexibility index (Phi) is 8.59. The van der Waals surface area contributed by atoms with Crippen LogP contribution >= 0.6 is 0 Å². The maximum absolute atomic E-state index is 12.8. The molecule has 0 bridgehead atoms. The van der Waals surface area contributed by atoms with E-state index in [1.54, 1.807) is 0 Å². The van der Waals surface area contributed by atoms with Gasteiger partial charge in [-0.15, -0.1) is 0 Å². The number of hydrogen-bond acceptors (Lipinski definition) is 6. The number of methoxy groups -OCH3 is 1. The number of hydrogen-bond donors (Lipinski definition) is 1. The third-order valence-corrected chi connectivity index (χ3v) is 3.67. The van der Waals surface area contributed by atoms with E-state index in [0.29, 0.717) is 18.2 Å². The molecule has 0 atom stereocenters. The molecule has 0 fully saturated rings. The van der Waals surface area contributed by atoms with Crippen LogP contribution in [0.1, 0.15) is 5.56 Å². The van der Waals surface area contributed by atoms with Crippen molar-refractivity contribution in [3.8, 4) is 11.8 Å². The molecular weight excluding hydrogens is 507 g/mol. The summed E-state index contributed by atoms with van der Waals surface area (Å²) in [6, 6.07) is 2.61. The second kappa shape index (κ2) is 10.8. The van der Waals surface area contributed by atoms with Gasteiger partial charge >= 0.3 is 24.6 Å². The van der Waals surface area contributed by atoms with Gasteiger partial charge < -0.3 is 14.2 Å². The summed E-state index contributed by atoms with van der Waals surface area (Å²) in [6.07, 6.45) is -14.3. The van der Waals surface area contributed by atoms with Crippen molar-refractivity contribution in [1.82, 2.24) is 9.97 Å². The molecule has 8 nitrogen and oxygen atoms in total. The largest absolute Gasteiger partial charge is 0.468 e. The van der Waals surface area contributed by atoms with Crippen molar-refractivity contribution in [1.29, 1.82) is 0 Å². The second-order valence-electron chi connectivity index (χ2n) is 6.50. The predicted octanol–water partition coefficient (Wildman–Crippen LogP) is 5.02. The SMILES string of the molecule is COCN(C(=O)Nc1nc(OCC(F)(F)F)cc(OCC(F)(F)F)n1)c1ccc(C(F)(F)F)cc1. The lowest BCUT2D eigenvalue weighted by atomic mass is 10.2. The number of ether oxygens (including phenoxy) is 3. The third kappa shape index (κ3) is 9.34. The number of benzene rings is 1. The van der Waals surface area contributed by atoms with Gasteiger partial charge in [0.25, 0.3) is 0 Å². The minimum atomic E-state index is -4.82. The Balaban J connectivity index is 2.29. The number of amides is 2. The molecule has 2 amide bonds. The summed E-state index contributed by atoms with van der Waals surface area (Å²) in [5.74, 6) is -2.57. The normalized spacial score (nSPS) is 12.3. The zero-order chi connectivity index (χ0) is 26.4. The Morgan fingerprint density at radius 2 is 1.37 bits per heavy atom. The Labute approximate surface area is 190 Å². The molecule has 0 unspecified atom stereocenters. The molecule has 0 aliphatic heterocycles. The van der Waals surface area contributed by atoms with Crippen molar-refractivity contribution >= 4 is 17.7 Å². The van der Waals surface area contributed by atoms with Gasteiger partial charge in [0, 0.05) is 12.8 Å². The van der Waals surface area contributed by atoms with Crippen LogP contribution in [0.4, 0.5) is 55.9 Å². The van der Waals surface area contributed by atoms with E-state index in [0.717, 1.165) is 24.1 Å². The first-order valence-electron chi connectivity index (χ1n) is 9.10. The molecule has 1 aromatic heterocycles. The van der Waals surface area contributed by atoms with E-state index in [2.05, 4.69) is 19.4 Å². The highest BCUT2D eigenvalue weighted by Crippen LogP contribution is 2.31. The second-order valence-corrected chi connectivity index (χ2v) is 6.50. The summed E-state index contributed by atoms with van der Waals surface area (Å²) in [5, 5.41) is 1.99. The summed E-state index contributed by atoms with van der Waals surface area (Å²) >= 11 is 0. The molecule has 0 saturated heterocycles. The molecule has 0 spiro atoms. The number of aromatic nitrogens is 2. The number of carbonyl (C=O) groups is 1. The van der Waals surface area contributed by atoms with Crippen LogP contribution in [0, 0.1) is 0 Å². The summed E-state index contributed by atoms with van der Waals surface area (Å²) in [5.41, 5.74) is -1.11. The zero-order valence-corrected chi connectivity index (χ0v) is 17.4. The van der Waals surface area contributed by atoms with Crippen molar-refractivity contribution in [3.63, 3.8) is 0 Å². The van der Waals surface area contributed by atoms with Gasteiger partial charge in [-0.1, -0.05) is 0 Å². The van der Waals surface area contributed by atoms with Crippen molar-refractivity contribution < 1.29 is 58.5 Å². The zero-order valence-electron chi connectivity index (χ0n) is 17.4. The molecule has 1 heterocycles. The molecule has 1 aromatic carbocycles. The van der Waals surface area contributed by atoms with Crippen LogP contribution in [0.2, 0.25) is 0 Å². The van der Waals surface area contributed by atoms with Crippen LogP contribution in [0.25, 0.3) is 0 Å². The average Bonchev–Trinajstić information content (AvgIpc) is 2.73. The van der Waals surface area contributed by atoms with Crippen LogP contribution in [0.15, 0.2) is 30.3 Å². The first-order chi connectivity index (χ1) is 16.1. The Bertz CT molecular complexity index is 959. The monoisotopic (exact) mass is 522 g/mol. The van der Waals surface area contributed by atoms with Gasteiger partial charge in [-0.25, -0.2) is 4.79 Å². The molecule has 194 valence electrons. The number of urea groups is 1. The van der Waals surface area contributed by atoms with E-state index in [1.165, 1.54) is 0 Å². The lowest BCUT2D eigenvalue weighted by molar-refractivity contribution is -0.154. The van der Waals surface area contributed by atoms with E-state index >= 15 is 0 Å². The molecule has 2 rings (SSSR count). The van der Waals surface area contributed by atoms with Crippen molar-refractivity contribution in [2.75, 3.05) is 37.3 Å². The molecule has 0 radical (unpaired) electrons. The Morgan fingerprint density at radius 3 is 1.77 bits per heavy atom. The highest BCUT2D eigenvalue weighted by atomic mass is 19.4. The molecule has 0 aliphatic carbocycles. The number of halogens is 9. The van der Waals surface area contributed by atoms with Gasteiger partial charge in [0.05, 0.1) is 11.6 Å². The number of nitrogens with zero attached hydrogens (tertiary/aromatic N) is 3. The smallest absolute Gasteiger partial charge is 0.422 e. The molecule has 35 heavy (non-hydrogen) atoms. The van der Waals surface area contributed by atoms with E-state index < -0.39 is 67.8 Å². The molecular formula is C18H15F9N4O4. The summed E-state index contributed by atoms with van der Waals surface area (Å²) in [6.45, 7) is -4.24. The fourth-order valence-electron chi connectivity index (χ4n) is 2.29. The maximum Gasteiger partial charge on any atom is 0.422 e. The van der Waals surface area contributed by atoms with Gasteiger partial charge in [-0.05, 0) is 24.3 Å². The number of carbonyl (C=O) groups excluding carboxylic acids is 1. The number of rotatable bonds is 8. The first-order valence-corrected chi connectivity index (χ1v) is 9.10. The average molecular weight is 522 g/mol. The molecule has 0 saturated carbocycles. The minimum Gasteiger partial charge on any atom is -0.468 e. The first kappa shape index (κ1) is 27.7. The van der Waals surface area contributed by atoms with Gasteiger partial charge in [0.15, 0.2) is 13.2 Å². The fourth-order valence-corrected chi connectivity index (χ4v) is 2.29. The van der Waals surface area contributed by atoms with Crippen LogP contribution in [-0.4, -0.2) is 55.4 Å². The lowest BCUT2D eigenvalue weighted by Crippen LogP contribution is -2.37. The quantitative estimate of drug-likeness (QED) is 0.387. The molecule has 2 aromatic rings. The Hall–Kier alpha value is -3.50. The summed E-state index contributed by atoms with van der Waals surface area (Å²) < 4.78 is 126. The fraction of sp³-hybridized carbons (Fsp3) is 0.389. The van der Waals surface area contributed by atoms with Crippen molar-refractivity contribution in [3.05, 3.63) is 35.9 Å². The highest BCUT2D eigenvalue weighted by molar-refractivity contribution is 6.00. The van der Waals surface area contributed by atoms with Gasteiger partial charge in [0.1, 0.15) is 6.73 Å². The topological polar surface area (TPSA) is 85.8 Å². The Morgan fingerprint density at radius 1 is 0.886 bits per heavy atom. The van der Waals surface area contributed by atoms with Crippen LogP contribution < -0.4 is 19.7 Å². The molecule has 17 heteroatoms. The van der Waals surface area contributed by atoms with Crippen LogP contribution in [-0.2, 0) is 10.9 Å². The lowest BCUT2D eigenvalue weighted by Gasteiger charge is -2.22. The van der Waals surface area contributed by atoms with E-state index in [-0.39, 0.29) is 5.69 Å². The van der Waals surface area contributed by atoms with Crippen LogP contribution in [0.3, 0.4) is 0 Å². The molecule has 1 N–H and O–H groups in total. The van der Waals surface area contributed by atoms with E-state index in [1.807, 2.05) is 5.32 Å². The van der Waals surface area contributed by atoms with Gasteiger partial charge in [-0.2, -0.15) is 49.5 Å². The van der Waals surface area contributed by atoms with Gasteiger partial charge in [0.2, 0.25) is 17.7 Å². The standard InChI is InChI=1S/C18H15F9N4O4/c1-33-9-31(11-4-2-10(3-5-11)18(25,26)27)15(32)30-14-28-12(34-7-16(19,20)21)6-13(29-14)35-8-17(22,23)24/h2-6H,7-9H2,1H3,(H,28,29,30,32). The highest BCUT2D eigenvalue weighted by Gasteiger charge is 2.32. The third-order valence-electron chi connectivity index (χ3n) is 3.67. The maximum atomic E-state index is 12.8. The summed E-state index contributed by atoms with van der Waals surface area (Å²) in [7, 11) is 1.15. The number of nitrogens with one attached hydrogen (secondary N) is 1. The number of anilines is 2. The van der Waals surface area contributed by atoms with E-state index in [9.17, 15) is 44.3 Å². The van der Waals surface area contributed by atoms with Crippen molar-refractivity contribution in [2.45, 2.75) is 18.5 Å². The van der Waals surface area contributed by atoms with E-state index in [4.69, 9.17) is 4.74 Å². The van der Waals surface area contributed by atoms with Crippen LogP contribution in [0.5, 0.6) is 11.8 Å². The molecule has 0 aliphatic rings. The number of alkyl halides is 9. The predicted molar refractivity (Wildman–Crippen MR) is 99.9 cm³/mol. The minimum absolute atomic E-state index is 0.102. The van der Waals surface area contributed by atoms with Gasteiger partial charge in [-0.3, -0.25) is 10.2 Å². The van der Waals surface area contributed by atoms with Crippen molar-refractivity contribution in [2.24, 2.45) is 0 Å². The summed E-state index contributed by atoms with van der Waals surface area (Å²) in [4.78, 5) is 20.3.